The second-order valence-electron chi connectivity index (χ2n) is 12.5. The standard InChI is InChI=1S/C36H57N2O3/c1-7-9-10-11-12-13-14-15-16-19-28-41-34-24-23-31(29-33(34)36(4,5)6)35(40)38(30(3)39)27-20-22-32-21-17-18-26-37(32)25-8-2/h17-18,21,23-24,26,29H,7-16,19-20,22,25,27-28H2,1-6H3/q+1. The van der Waals surface area contributed by atoms with Crippen molar-refractivity contribution in [2.75, 3.05) is 13.2 Å². The number of amides is 2. The molecule has 2 aromatic rings. The summed E-state index contributed by atoms with van der Waals surface area (Å²) in [7, 11) is 0. The maximum absolute atomic E-state index is 13.5. The summed E-state index contributed by atoms with van der Waals surface area (Å²) >= 11 is 0. The molecule has 228 valence electrons. The molecule has 41 heavy (non-hydrogen) atoms. The molecular weight excluding hydrogens is 508 g/mol. The molecule has 2 amide bonds. The lowest BCUT2D eigenvalue weighted by Gasteiger charge is -2.25. The monoisotopic (exact) mass is 565 g/mol. The molecule has 0 aliphatic heterocycles. The minimum absolute atomic E-state index is 0.190. The third-order valence-corrected chi connectivity index (χ3v) is 7.73. The van der Waals surface area contributed by atoms with Crippen molar-refractivity contribution in [3.05, 3.63) is 59.4 Å². The summed E-state index contributed by atoms with van der Waals surface area (Å²) in [6, 6.07) is 11.9. The highest BCUT2D eigenvalue weighted by Crippen LogP contribution is 2.33. The fraction of sp³-hybridized carbons (Fsp3) is 0.639. The highest BCUT2D eigenvalue weighted by atomic mass is 16.5. The molecule has 0 N–H and O–H groups in total. The Labute approximate surface area is 250 Å². The normalized spacial score (nSPS) is 11.5. The first kappa shape index (κ1) is 34.5. The second-order valence-corrected chi connectivity index (χ2v) is 12.5. The van der Waals surface area contributed by atoms with E-state index in [2.05, 4.69) is 51.4 Å². The van der Waals surface area contributed by atoms with Crippen LogP contribution in [0.15, 0.2) is 42.6 Å². The Morgan fingerprint density at radius 1 is 0.829 bits per heavy atom. The van der Waals surface area contributed by atoms with Crippen LogP contribution in [-0.2, 0) is 23.2 Å². The number of nitrogens with zero attached hydrogens (tertiary/aromatic N) is 2. The molecule has 0 saturated carbocycles. The Morgan fingerprint density at radius 3 is 2.10 bits per heavy atom. The van der Waals surface area contributed by atoms with E-state index in [9.17, 15) is 9.59 Å². The average Bonchev–Trinajstić information content (AvgIpc) is 2.94. The lowest BCUT2D eigenvalue weighted by Crippen LogP contribution is -2.39. The van der Waals surface area contributed by atoms with Gasteiger partial charge >= 0.3 is 0 Å². The Balaban J connectivity index is 1.94. The lowest BCUT2D eigenvalue weighted by atomic mass is 9.85. The van der Waals surface area contributed by atoms with Gasteiger partial charge in [0, 0.05) is 49.6 Å². The van der Waals surface area contributed by atoms with Crippen LogP contribution in [0, 0.1) is 0 Å². The van der Waals surface area contributed by atoms with E-state index in [4.69, 9.17) is 4.74 Å². The SMILES string of the molecule is CCCCCCCCCCCCOc1ccc(C(=O)N(CCCc2cccc[n+]2CCC)C(C)=O)cc1C(C)(C)C. The highest BCUT2D eigenvalue weighted by Gasteiger charge is 2.25. The molecule has 0 fully saturated rings. The molecule has 0 radical (unpaired) electrons. The van der Waals surface area contributed by atoms with E-state index < -0.39 is 0 Å². The van der Waals surface area contributed by atoms with E-state index in [1.807, 2.05) is 30.3 Å². The summed E-state index contributed by atoms with van der Waals surface area (Å²) in [6.45, 7) is 14.4. The van der Waals surface area contributed by atoms with Gasteiger partial charge in [-0.15, -0.1) is 0 Å². The molecule has 0 aliphatic rings. The van der Waals surface area contributed by atoms with E-state index in [1.165, 1.54) is 75.3 Å². The lowest BCUT2D eigenvalue weighted by molar-refractivity contribution is -0.704. The zero-order chi connectivity index (χ0) is 30.1. The summed E-state index contributed by atoms with van der Waals surface area (Å²) in [4.78, 5) is 27.4. The molecule has 1 aromatic carbocycles. The fourth-order valence-electron chi connectivity index (χ4n) is 5.32. The Kier molecular flexibility index (Phi) is 15.7. The van der Waals surface area contributed by atoms with Crippen molar-refractivity contribution in [3.8, 4) is 5.75 Å². The Bertz CT molecular complexity index is 1060. The number of hydrogen-bond donors (Lipinski definition) is 0. The molecule has 0 unspecified atom stereocenters. The smallest absolute Gasteiger partial charge is 0.260 e. The van der Waals surface area contributed by atoms with Crippen LogP contribution in [-0.4, -0.2) is 29.9 Å². The van der Waals surface area contributed by atoms with Crippen LogP contribution in [0.2, 0.25) is 0 Å². The number of benzene rings is 1. The van der Waals surface area contributed by atoms with Crippen molar-refractivity contribution in [2.45, 2.75) is 137 Å². The highest BCUT2D eigenvalue weighted by molar-refractivity contribution is 6.04. The third kappa shape index (κ3) is 12.4. The predicted octanol–water partition coefficient (Wildman–Crippen LogP) is 8.60. The second kappa shape index (κ2) is 18.7. The minimum Gasteiger partial charge on any atom is -0.493 e. The van der Waals surface area contributed by atoms with Crippen molar-refractivity contribution in [3.63, 3.8) is 0 Å². The number of carbonyl (C=O) groups is 2. The van der Waals surface area contributed by atoms with Gasteiger partial charge in [-0.25, -0.2) is 4.57 Å². The van der Waals surface area contributed by atoms with Gasteiger partial charge in [-0.3, -0.25) is 14.5 Å². The number of unbranched alkanes of at least 4 members (excludes halogenated alkanes) is 9. The summed E-state index contributed by atoms with van der Waals surface area (Å²) in [5.41, 5.74) is 2.58. The topological polar surface area (TPSA) is 50.5 Å². The third-order valence-electron chi connectivity index (χ3n) is 7.73. The fourth-order valence-corrected chi connectivity index (χ4v) is 5.32. The van der Waals surface area contributed by atoms with Gasteiger partial charge in [0.1, 0.15) is 12.3 Å². The van der Waals surface area contributed by atoms with Gasteiger partial charge in [-0.2, -0.15) is 0 Å². The van der Waals surface area contributed by atoms with Crippen LogP contribution in [0.3, 0.4) is 0 Å². The minimum atomic E-state index is -0.237. The molecule has 0 bridgehead atoms. The molecule has 5 nitrogen and oxygen atoms in total. The summed E-state index contributed by atoms with van der Waals surface area (Å²) < 4.78 is 8.48. The predicted molar refractivity (Wildman–Crippen MR) is 169 cm³/mol. The maximum atomic E-state index is 13.5. The number of hydrogen-bond acceptors (Lipinski definition) is 3. The van der Waals surface area contributed by atoms with Crippen LogP contribution < -0.4 is 9.30 Å². The molecule has 5 heteroatoms. The Hall–Kier alpha value is -2.69. The van der Waals surface area contributed by atoms with Gasteiger partial charge in [0.2, 0.25) is 5.91 Å². The first-order valence-electron chi connectivity index (χ1n) is 16.3. The number of aromatic nitrogens is 1. The number of carbonyl (C=O) groups excluding carboxylic acids is 2. The summed E-state index contributed by atoms with van der Waals surface area (Å²) in [5, 5.41) is 0. The number of ether oxygens (including phenoxy) is 1. The molecule has 2 rings (SSSR count). The summed E-state index contributed by atoms with van der Waals surface area (Å²) in [6.07, 6.45) is 17.6. The van der Waals surface area contributed by atoms with E-state index in [0.717, 1.165) is 43.5 Å². The van der Waals surface area contributed by atoms with E-state index in [1.54, 1.807) is 0 Å². The van der Waals surface area contributed by atoms with Gasteiger partial charge in [-0.05, 0) is 36.5 Å². The van der Waals surface area contributed by atoms with Gasteiger partial charge in [-0.1, -0.05) is 98.5 Å². The van der Waals surface area contributed by atoms with Crippen LogP contribution in [0.25, 0.3) is 0 Å². The molecule has 1 aromatic heterocycles. The number of rotatable bonds is 19. The van der Waals surface area contributed by atoms with Crippen LogP contribution in [0.4, 0.5) is 0 Å². The zero-order valence-electron chi connectivity index (χ0n) is 27.0. The van der Waals surface area contributed by atoms with Crippen molar-refractivity contribution < 1.29 is 18.9 Å². The van der Waals surface area contributed by atoms with Crippen LogP contribution >= 0.6 is 0 Å². The van der Waals surface area contributed by atoms with Gasteiger partial charge in [0.05, 0.1) is 6.61 Å². The molecule has 0 spiro atoms. The Morgan fingerprint density at radius 2 is 1.49 bits per heavy atom. The number of imide groups is 1. The largest absolute Gasteiger partial charge is 0.493 e. The first-order valence-corrected chi connectivity index (χ1v) is 16.3. The van der Waals surface area contributed by atoms with Gasteiger partial charge in [0.15, 0.2) is 11.9 Å². The van der Waals surface area contributed by atoms with Crippen molar-refractivity contribution in [2.24, 2.45) is 0 Å². The summed E-state index contributed by atoms with van der Waals surface area (Å²) in [5.74, 6) is 0.380. The molecular formula is C36H57N2O3+. The van der Waals surface area contributed by atoms with Crippen molar-refractivity contribution >= 4 is 11.8 Å². The van der Waals surface area contributed by atoms with Crippen LogP contribution in [0.5, 0.6) is 5.75 Å². The molecule has 0 saturated heterocycles. The molecule has 0 atom stereocenters. The first-order chi connectivity index (χ1) is 19.7. The van der Waals surface area contributed by atoms with Gasteiger partial charge in [0.25, 0.3) is 5.91 Å². The van der Waals surface area contributed by atoms with E-state index >= 15 is 0 Å². The zero-order valence-corrected chi connectivity index (χ0v) is 27.0. The number of pyridine rings is 1. The van der Waals surface area contributed by atoms with Crippen molar-refractivity contribution in [1.82, 2.24) is 4.90 Å². The van der Waals surface area contributed by atoms with Crippen LogP contribution in [0.1, 0.15) is 140 Å². The number of aryl methyl sites for hydroxylation is 2. The molecule has 1 heterocycles. The maximum Gasteiger partial charge on any atom is 0.260 e. The molecule has 0 aliphatic carbocycles. The quantitative estimate of drug-likeness (QED) is 0.127. The average molecular weight is 566 g/mol. The van der Waals surface area contributed by atoms with E-state index in [0.29, 0.717) is 18.7 Å². The van der Waals surface area contributed by atoms with Gasteiger partial charge < -0.3 is 4.74 Å². The van der Waals surface area contributed by atoms with Crippen molar-refractivity contribution in [1.29, 1.82) is 0 Å². The van der Waals surface area contributed by atoms with E-state index in [-0.39, 0.29) is 17.2 Å².